The first-order valence-corrected chi connectivity index (χ1v) is 10.8. The molecule has 1 spiro atoms. The average molecular weight is 429 g/mol. The van der Waals surface area contributed by atoms with Crippen molar-refractivity contribution in [3.8, 4) is 5.75 Å². The first kappa shape index (κ1) is 21.7. The highest BCUT2D eigenvalue weighted by molar-refractivity contribution is 5.90. The number of hydrogen-bond acceptors (Lipinski definition) is 5. The van der Waals surface area contributed by atoms with Crippen molar-refractivity contribution in [3.63, 3.8) is 0 Å². The Kier molecular flexibility index (Phi) is 6.27. The van der Waals surface area contributed by atoms with E-state index in [4.69, 9.17) is 4.74 Å². The molecule has 0 radical (unpaired) electrons. The van der Waals surface area contributed by atoms with Crippen molar-refractivity contribution >= 4 is 11.6 Å². The topological polar surface area (TPSA) is 82.0 Å². The number of carbonyl (C=O) groups is 1. The van der Waals surface area contributed by atoms with Gasteiger partial charge in [0.05, 0.1) is 12.2 Å². The van der Waals surface area contributed by atoms with Gasteiger partial charge in [-0.05, 0) is 48.7 Å². The smallest absolute Gasteiger partial charge is 0.224 e. The average Bonchev–Trinajstić information content (AvgIpc) is 2.76. The van der Waals surface area contributed by atoms with Crippen LogP contribution >= 0.6 is 0 Å². The van der Waals surface area contributed by atoms with Crippen LogP contribution in [0.25, 0.3) is 0 Å². The van der Waals surface area contributed by atoms with Crippen molar-refractivity contribution in [3.05, 3.63) is 59.4 Å². The van der Waals surface area contributed by atoms with Crippen LogP contribution in [0.2, 0.25) is 0 Å². The van der Waals surface area contributed by atoms with E-state index in [1.165, 1.54) is 12.1 Å². The standard InChI is InChI=1S/C24H29FN2O4/c1-2-23(30)26-18-6-3-16(4-7-18)21(29)15-27-11-9-24(10-12-27)14-20(28)19-13-17(25)5-8-22(19)31-24/h3-8,13,20-21,28-29H,2,9-12,14-15H2,1H3,(H,26,30)/t20-,21-/m1/s1. The summed E-state index contributed by atoms with van der Waals surface area (Å²) in [5.74, 6) is 0.143. The number of piperidine rings is 1. The molecule has 2 aliphatic heterocycles. The van der Waals surface area contributed by atoms with Gasteiger partial charge < -0.3 is 25.2 Å². The molecule has 7 heteroatoms. The summed E-state index contributed by atoms with van der Waals surface area (Å²) < 4.78 is 19.7. The molecule has 0 unspecified atom stereocenters. The molecule has 1 saturated heterocycles. The molecule has 2 aliphatic rings. The Morgan fingerprint density at radius 1 is 1.26 bits per heavy atom. The number of carbonyl (C=O) groups excluding carboxylic acids is 1. The second-order valence-electron chi connectivity index (χ2n) is 8.53. The zero-order valence-electron chi connectivity index (χ0n) is 17.7. The predicted octanol–water partition coefficient (Wildman–Crippen LogP) is 3.56. The summed E-state index contributed by atoms with van der Waals surface area (Å²) in [5, 5.41) is 24.0. The summed E-state index contributed by atoms with van der Waals surface area (Å²) in [5.41, 5.74) is 1.58. The van der Waals surface area contributed by atoms with E-state index in [9.17, 15) is 19.4 Å². The molecule has 0 saturated carbocycles. The highest BCUT2D eigenvalue weighted by Crippen LogP contribution is 2.44. The number of fused-ring (bicyclic) bond motifs is 1. The van der Waals surface area contributed by atoms with E-state index in [0.717, 1.165) is 37.2 Å². The van der Waals surface area contributed by atoms with E-state index in [2.05, 4.69) is 10.2 Å². The molecule has 31 heavy (non-hydrogen) atoms. The van der Waals surface area contributed by atoms with E-state index in [0.29, 0.717) is 30.7 Å². The number of β-amino-alcohol motifs (C(OH)–C–C–N with tert-alkyl or cyclic N) is 1. The highest BCUT2D eigenvalue weighted by Gasteiger charge is 2.43. The fraction of sp³-hybridized carbons (Fsp3) is 0.458. The van der Waals surface area contributed by atoms with Gasteiger partial charge in [0, 0.05) is 43.7 Å². The largest absolute Gasteiger partial charge is 0.487 e. The minimum absolute atomic E-state index is 0.0432. The summed E-state index contributed by atoms with van der Waals surface area (Å²) in [6.07, 6.45) is 0.967. The van der Waals surface area contributed by atoms with Crippen molar-refractivity contribution < 1.29 is 24.1 Å². The zero-order valence-corrected chi connectivity index (χ0v) is 17.7. The minimum atomic E-state index is -0.733. The molecule has 0 bridgehead atoms. The summed E-state index contributed by atoms with van der Waals surface area (Å²) in [4.78, 5) is 13.7. The van der Waals surface area contributed by atoms with Crippen LogP contribution < -0.4 is 10.1 Å². The SMILES string of the molecule is CCC(=O)Nc1ccc([C@H](O)CN2CCC3(CC2)C[C@@H](O)c2cc(F)ccc2O3)cc1. The highest BCUT2D eigenvalue weighted by atomic mass is 19.1. The third-order valence-corrected chi connectivity index (χ3v) is 6.32. The normalized spacial score (nSPS) is 21.2. The van der Waals surface area contributed by atoms with E-state index in [1.807, 2.05) is 12.1 Å². The summed E-state index contributed by atoms with van der Waals surface area (Å²) >= 11 is 0. The number of anilines is 1. The van der Waals surface area contributed by atoms with Crippen molar-refractivity contribution in [2.75, 3.05) is 25.0 Å². The predicted molar refractivity (Wildman–Crippen MR) is 115 cm³/mol. The maximum Gasteiger partial charge on any atom is 0.224 e. The van der Waals surface area contributed by atoms with Crippen LogP contribution in [-0.4, -0.2) is 46.3 Å². The quantitative estimate of drug-likeness (QED) is 0.679. The number of amides is 1. The number of aliphatic hydroxyl groups excluding tert-OH is 2. The van der Waals surface area contributed by atoms with Crippen molar-refractivity contribution in [2.24, 2.45) is 0 Å². The number of aliphatic hydroxyl groups is 2. The maximum atomic E-state index is 13.5. The van der Waals surface area contributed by atoms with Gasteiger partial charge in [0.15, 0.2) is 0 Å². The number of nitrogens with one attached hydrogen (secondary N) is 1. The first-order chi connectivity index (χ1) is 14.9. The molecular weight excluding hydrogens is 399 g/mol. The van der Waals surface area contributed by atoms with Gasteiger partial charge >= 0.3 is 0 Å². The molecule has 2 aromatic carbocycles. The molecule has 1 fully saturated rings. The van der Waals surface area contributed by atoms with E-state index in [1.54, 1.807) is 25.1 Å². The molecule has 2 atom stereocenters. The Labute approximate surface area is 181 Å². The van der Waals surface area contributed by atoms with Crippen molar-refractivity contribution in [1.82, 2.24) is 4.90 Å². The van der Waals surface area contributed by atoms with E-state index in [-0.39, 0.29) is 11.7 Å². The molecule has 2 aromatic rings. The molecular formula is C24H29FN2O4. The molecule has 0 aromatic heterocycles. The van der Waals surface area contributed by atoms with Gasteiger partial charge in [-0.15, -0.1) is 0 Å². The van der Waals surface area contributed by atoms with Gasteiger partial charge in [0.1, 0.15) is 17.2 Å². The molecule has 0 aliphatic carbocycles. The van der Waals surface area contributed by atoms with Crippen molar-refractivity contribution in [1.29, 1.82) is 0 Å². The van der Waals surface area contributed by atoms with Crippen LogP contribution in [0.5, 0.6) is 5.75 Å². The lowest BCUT2D eigenvalue weighted by Crippen LogP contribution is -2.51. The van der Waals surface area contributed by atoms with Gasteiger partial charge in [0.2, 0.25) is 5.91 Å². The lowest BCUT2D eigenvalue weighted by Gasteiger charge is -2.46. The zero-order chi connectivity index (χ0) is 22.0. The number of nitrogens with zero attached hydrogens (tertiary/aromatic N) is 1. The number of benzene rings is 2. The lowest BCUT2D eigenvalue weighted by atomic mass is 9.81. The Bertz CT molecular complexity index is 926. The third-order valence-electron chi connectivity index (χ3n) is 6.32. The van der Waals surface area contributed by atoms with Crippen LogP contribution in [0, 0.1) is 5.82 Å². The molecule has 4 rings (SSSR count). The van der Waals surface area contributed by atoms with E-state index >= 15 is 0 Å². The number of hydrogen-bond donors (Lipinski definition) is 3. The summed E-state index contributed by atoms with van der Waals surface area (Å²) in [7, 11) is 0. The van der Waals surface area contributed by atoms with Crippen LogP contribution in [0.1, 0.15) is 55.9 Å². The minimum Gasteiger partial charge on any atom is -0.487 e. The fourth-order valence-corrected chi connectivity index (χ4v) is 4.45. The number of likely N-dealkylation sites (tertiary alicyclic amines) is 1. The van der Waals surface area contributed by atoms with Gasteiger partial charge in [-0.2, -0.15) is 0 Å². The molecule has 3 N–H and O–H groups in total. The summed E-state index contributed by atoms with van der Waals surface area (Å²) in [6, 6.07) is 11.6. The van der Waals surface area contributed by atoms with Crippen LogP contribution in [0.15, 0.2) is 42.5 Å². The maximum absolute atomic E-state index is 13.5. The van der Waals surface area contributed by atoms with Crippen LogP contribution in [0.4, 0.5) is 10.1 Å². The second-order valence-corrected chi connectivity index (χ2v) is 8.53. The van der Waals surface area contributed by atoms with Gasteiger partial charge in [-0.25, -0.2) is 4.39 Å². The number of rotatable bonds is 5. The molecule has 2 heterocycles. The Morgan fingerprint density at radius 2 is 1.97 bits per heavy atom. The second kappa shape index (κ2) is 8.94. The fourth-order valence-electron chi connectivity index (χ4n) is 4.45. The van der Waals surface area contributed by atoms with Gasteiger partial charge in [-0.1, -0.05) is 19.1 Å². The lowest BCUT2D eigenvalue weighted by molar-refractivity contribution is -0.115. The third kappa shape index (κ3) is 4.89. The number of halogens is 1. The molecule has 1 amide bonds. The summed E-state index contributed by atoms with van der Waals surface area (Å²) in [6.45, 7) is 3.78. The van der Waals surface area contributed by atoms with Crippen LogP contribution in [-0.2, 0) is 4.79 Å². The number of ether oxygens (including phenoxy) is 1. The van der Waals surface area contributed by atoms with Gasteiger partial charge in [0.25, 0.3) is 0 Å². The van der Waals surface area contributed by atoms with Crippen molar-refractivity contribution in [2.45, 2.75) is 50.4 Å². The Morgan fingerprint density at radius 3 is 2.65 bits per heavy atom. The molecule has 166 valence electrons. The van der Waals surface area contributed by atoms with Gasteiger partial charge in [-0.3, -0.25) is 4.79 Å². The first-order valence-electron chi connectivity index (χ1n) is 10.8. The van der Waals surface area contributed by atoms with Crippen LogP contribution in [0.3, 0.4) is 0 Å². The molecule has 6 nitrogen and oxygen atoms in total. The monoisotopic (exact) mass is 428 g/mol. The Hall–Kier alpha value is -2.48. The Balaban J connectivity index is 1.33. The van der Waals surface area contributed by atoms with E-state index < -0.39 is 17.8 Å².